The maximum absolute atomic E-state index is 11.9. The van der Waals surface area contributed by atoms with E-state index in [1.807, 2.05) is 31.2 Å². The van der Waals surface area contributed by atoms with Gasteiger partial charge in [0.2, 0.25) is 5.91 Å². The summed E-state index contributed by atoms with van der Waals surface area (Å²) in [5.41, 5.74) is 1.71. The number of hydrogen-bond donors (Lipinski definition) is 2. The number of amides is 1. The van der Waals surface area contributed by atoms with Crippen LogP contribution in [0.4, 0.5) is 5.69 Å². The van der Waals surface area contributed by atoms with E-state index < -0.39 is 6.10 Å². The highest BCUT2D eigenvalue weighted by Crippen LogP contribution is 2.33. The van der Waals surface area contributed by atoms with Gasteiger partial charge >= 0.3 is 0 Å². The van der Waals surface area contributed by atoms with Gasteiger partial charge in [-0.05, 0) is 38.0 Å². The van der Waals surface area contributed by atoms with Gasteiger partial charge in [-0.1, -0.05) is 12.1 Å². The van der Waals surface area contributed by atoms with E-state index in [-0.39, 0.29) is 11.3 Å². The molecule has 104 valence electrons. The molecule has 1 aromatic carbocycles. The first kappa shape index (κ1) is 13.9. The number of aliphatic hydroxyl groups is 1. The molecule has 0 saturated carbocycles. The second-order valence-corrected chi connectivity index (χ2v) is 5.58. The van der Waals surface area contributed by atoms with E-state index in [1.54, 1.807) is 14.0 Å². The zero-order valence-corrected chi connectivity index (χ0v) is 11.8. The molecule has 0 aliphatic carbocycles. The van der Waals surface area contributed by atoms with Crippen molar-refractivity contribution in [1.82, 2.24) is 5.32 Å². The Morgan fingerprint density at radius 3 is 2.58 bits per heavy atom. The highest BCUT2D eigenvalue weighted by Gasteiger charge is 2.39. The minimum Gasteiger partial charge on any atom is -0.389 e. The van der Waals surface area contributed by atoms with Crippen LogP contribution in [0.15, 0.2) is 24.3 Å². The molecule has 0 aromatic heterocycles. The van der Waals surface area contributed by atoms with Crippen molar-refractivity contribution in [1.29, 1.82) is 0 Å². The van der Waals surface area contributed by atoms with Crippen molar-refractivity contribution in [3.63, 3.8) is 0 Å². The summed E-state index contributed by atoms with van der Waals surface area (Å²) in [7, 11) is 1.69. The second-order valence-electron chi connectivity index (χ2n) is 5.58. The molecule has 1 aliphatic heterocycles. The monoisotopic (exact) mass is 262 g/mol. The van der Waals surface area contributed by atoms with Crippen LogP contribution >= 0.6 is 0 Å². The average Bonchev–Trinajstić information content (AvgIpc) is 2.82. The van der Waals surface area contributed by atoms with E-state index in [0.717, 1.165) is 30.8 Å². The van der Waals surface area contributed by atoms with Gasteiger partial charge in [-0.2, -0.15) is 0 Å². The molecule has 0 spiro atoms. The first-order valence-corrected chi connectivity index (χ1v) is 6.71. The van der Waals surface area contributed by atoms with E-state index in [1.165, 1.54) is 0 Å². The second kappa shape index (κ2) is 5.21. The SMILES string of the molecule is CNC(=O)C1(C)CCN(c2ccc(C(C)O)cc2)C1. The minimum absolute atomic E-state index is 0.107. The van der Waals surface area contributed by atoms with Crippen LogP contribution in [0.25, 0.3) is 0 Å². The van der Waals surface area contributed by atoms with E-state index in [0.29, 0.717) is 0 Å². The molecule has 19 heavy (non-hydrogen) atoms. The lowest BCUT2D eigenvalue weighted by Gasteiger charge is -2.24. The van der Waals surface area contributed by atoms with Crippen molar-refractivity contribution in [3.05, 3.63) is 29.8 Å². The molecule has 1 amide bonds. The predicted molar refractivity (Wildman–Crippen MR) is 76.1 cm³/mol. The molecule has 2 atom stereocenters. The number of carbonyl (C=O) groups is 1. The number of nitrogens with one attached hydrogen (secondary N) is 1. The van der Waals surface area contributed by atoms with Crippen molar-refractivity contribution >= 4 is 11.6 Å². The topological polar surface area (TPSA) is 52.6 Å². The molecular formula is C15H22N2O2. The third kappa shape index (κ3) is 2.73. The van der Waals surface area contributed by atoms with Crippen LogP contribution in [-0.2, 0) is 4.79 Å². The third-order valence-electron chi connectivity index (χ3n) is 3.99. The van der Waals surface area contributed by atoms with Crippen LogP contribution in [0.5, 0.6) is 0 Å². The third-order valence-corrected chi connectivity index (χ3v) is 3.99. The molecule has 1 saturated heterocycles. The molecule has 1 aromatic rings. The summed E-state index contributed by atoms with van der Waals surface area (Å²) in [6.07, 6.45) is 0.425. The summed E-state index contributed by atoms with van der Waals surface area (Å²) in [6.45, 7) is 5.39. The van der Waals surface area contributed by atoms with Crippen LogP contribution < -0.4 is 10.2 Å². The Hall–Kier alpha value is -1.55. The average molecular weight is 262 g/mol. The smallest absolute Gasteiger partial charge is 0.227 e. The fraction of sp³-hybridized carbons (Fsp3) is 0.533. The van der Waals surface area contributed by atoms with Gasteiger partial charge in [0.25, 0.3) is 0 Å². The van der Waals surface area contributed by atoms with Crippen LogP contribution in [0.3, 0.4) is 0 Å². The Labute approximate surface area is 114 Å². The molecule has 1 heterocycles. The molecular weight excluding hydrogens is 240 g/mol. The number of rotatable bonds is 3. The van der Waals surface area contributed by atoms with Crippen molar-refractivity contribution in [3.8, 4) is 0 Å². The van der Waals surface area contributed by atoms with Crippen LogP contribution in [0.2, 0.25) is 0 Å². The Morgan fingerprint density at radius 2 is 2.05 bits per heavy atom. The zero-order valence-electron chi connectivity index (χ0n) is 11.8. The first-order valence-electron chi connectivity index (χ1n) is 6.71. The molecule has 2 rings (SSSR count). The lowest BCUT2D eigenvalue weighted by Crippen LogP contribution is -2.39. The standard InChI is InChI=1S/C15H22N2O2/c1-11(18)12-4-6-13(7-5-12)17-9-8-15(2,10-17)14(19)16-3/h4-7,11,18H,8-10H2,1-3H3,(H,16,19). The highest BCUT2D eigenvalue weighted by molar-refractivity contribution is 5.83. The maximum atomic E-state index is 11.9. The van der Waals surface area contributed by atoms with Crippen LogP contribution in [0, 0.1) is 5.41 Å². The summed E-state index contributed by atoms with van der Waals surface area (Å²) < 4.78 is 0. The Balaban J connectivity index is 2.10. The van der Waals surface area contributed by atoms with Crippen molar-refractivity contribution in [2.24, 2.45) is 5.41 Å². The molecule has 2 N–H and O–H groups in total. The largest absolute Gasteiger partial charge is 0.389 e. The molecule has 4 heteroatoms. The van der Waals surface area contributed by atoms with Crippen LogP contribution in [0.1, 0.15) is 31.9 Å². The van der Waals surface area contributed by atoms with Crippen molar-refractivity contribution < 1.29 is 9.90 Å². The predicted octanol–water partition coefficient (Wildman–Crippen LogP) is 1.70. The summed E-state index contributed by atoms with van der Waals surface area (Å²) in [5, 5.41) is 12.2. The molecule has 0 bridgehead atoms. The molecule has 4 nitrogen and oxygen atoms in total. The van der Waals surface area contributed by atoms with Crippen molar-refractivity contribution in [2.45, 2.75) is 26.4 Å². The number of hydrogen-bond acceptors (Lipinski definition) is 3. The van der Waals surface area contributed by atoms with Gasteiger partial charge in [-0.25, -0.2) is 0 Å². The molecule has 0 radical (unpaired) electrons. The fourth-order valence-electron chi connectivity index (χ4n) is 2.63. The van der Waals surface area contributed by atoms with Gasteiger partial charge < -0.3 is 15.3 Å². The summed E-state index contributed by atoms with van der Waals surface area (Å²) in [5.74, 6) is 0.107. The maximum Gasteiger partial charge on any atom is 0.227 e. The van der Waals surface area contributed by atoms with E-state index >= 15 is 0 Å². The summed E-state index contributed by atoms with van der Waals surface area (Å²) in [6, 6.07) is 7.90. The summed E-state index contributed by atoms with van der Waals surface area (Å²) >= 11 is 0. The molecule has 2 unspecified atom stereocenters. The van der Waals surface area contributed by atoms with E-state index in [4.69, 9.17) is 0 Å². The van der Waals surface area contributed by atoms with E-state index in [2.05, 4.69) is 10.2 Å². The Kier molecular flexibility index (Phi) is 3.80. The van der Waals surface area contributed by atoms with Crippen molar-refractivity contribution in [2.75, 3.05) is 25.0 Å². The normalized spacial score (nSPS) is 24.3. The number of benzene rings is 1. The Bertz CT molecular complexity index is 456. The fourth-order valence-corrected chi connectivity index (χ4v) is 2.63. The number of nitrogens with zero attached hydrogens (tertiary/aromatic N) is 1. The highest BCUT2D eigenvalue weighted by atomic mass is 16.3. The zero-order chi connectivity index (χ0) is 14.0. The van der Waals surface area contributed by atoms with Crippen LogP contribution in [-0.4, -0.2) is 31.2 Å². The minimum atomic E-state index is -0.441. The molecule has 1 fully saturated rings. The lowest BCUT2D eigenvalue weighted by atomic mass is 9.89. The van der Waals surface area contributed by atoms with Gasteiger partial charge in [-0.15, -0.1) is 0 Å². The number of carbonyl (C=O) groups excluding carboxylic acids is 1. The van der Waals surface area contributed by atoms with Gasteiger partial charge in [-0.3, -0.25) is 4.79 Å². The molecule has 1 aliphatic rings. The van der Waals surface area contributed by atoms with Gasteiger partial charge in [0.1, 0.15) is 0 Å². The van der Waals surface area contributed by atoms with Gasteiger partial charge in [0.15, 0.2) is 0 Å². The lowest BCUT2D eigenvalue weighted by molar-refractivity contribution is -0.128. The number of anilines is 1. The van der Waals surface area contributed by atoms with Gasteiger partial charge in [0.05, 0.1) is 11.5 Å². The first-order chi connectivity index (χ1) is 8.96. The number of aliphatic hydroxyl groups excluding tert-OH is 1. The van der Waals surface area contributed by atoms with Gasteiger partial charge in [0, 0.05) is 25.8 Å². The summed E-state index contributed by atoms with van der Waals surface area (Å²) in [4.78, 5) is 14.1. The van der Waals surface area contributed by atoms with E-state index in [9.17, 15) is 9.90 Å². The quantitative estimate of drug-likeness (QED) is 0.872. The Morgan fingerprint density at radius 1 is 1.42 bits per heavy atom.